The molecular weight excluding hydrogens is 296 g/mol. The van der Waals surface area contributed by atoms with Gasteiger partial charge in [-0.05, 0) is 63.3 Å². The minimum atomic E-state index is 1.20. The molecule has 0 amide bonds. The van der Waals surface area contributed by atoms with E-state index >= 15 is 0 Å². The third-order valence-corrected chi connectivity index (χ3v) is 4.55. The second-order valence-corrected chi connectivity index (χ2v) is 5.79. The van der Waals surface area contributed by atoms with Crippen molar-refractivity contribution in [2.45, 2.75) is 13.8 Å². The van der Waals surface area contributed by atoms with Gasteiger partial charge in [-0.3, -0.25) is 0 Å². The molecule has 0 unspecified atom stereocenters. The fourth-order valence-corrected chi connectivity index (χ4v) is 2.90. The van der Waals surface area contributed by atoms with E-state index in [1.165, 1.54) is 37.5 Å². The van der Waals surface area contributed by atoms with Crippen molar-refractivity contribution in [1.29, 1.82) is 0 Å². The summed E-state index contributed by atoms with van der Waals surface area (Å²) in [7, 11) is 0. The van der Waals surface area contributed by atoms with Gasteiger partial charge in [0.25, 0.3) is 0 Å². The maximum atomic E-state index is 3.67. The van der Waals surface area contributed by atoms with Crippen LogP contribution in [0.5, 0.6) is 0 Å². The quantitative estimate of drug-likeness (QED) is 0.526. The second kappa shape index (κ2) is 4.82. The molecule has 19 heavy (non-hydrogen) atoms. The van der Waals surface area contributed by atoms with E-state index in [2.05, 4.69) is 84.4 Å². The first-order valence-corrected chi connectivity index (χ1v) is 7.20. The summed E-state index contributed by atoms with van der Waals surface area (Å²) in [6, 6.07) is 19.6. The van der Waals surface area contributed by atoms with Crippen molar-refractivity contribution in [3.05, 3.63) is 70.2 Å². The number of benzene rings is 3. The Kier molecular flexibility index (Phi) is 3.16. The summed E-state index contributed by atoms with van der Waals surface area (Å²) < 4.78 is 1.20. The van der Waals surface area contributed by atoms with Crippen LogP contribution in [0.4, 0.5) is 0 Å². The Labute approximate surface area is 122 Å². The molecule has 0 saturated heterocycles. The van der Waals surface area contributed by atoms with Gasteiger partial charge >= 0.3 is 0 Å². The molecule has 0 bridgehead atoms. The minimum Gasteiger partial charge on any atom is -0.0614 e. The van der Waals surface area contributed by atoms with Gasteiger partial charge in [0.15, 0.2) is 0 Å². The summed E-state index contributed by atoms with van der Waals surface area (Å²) in [6.07, 6.45) is 0. The van der Waals surface area contributed by atoms with Crippen molar-refractivity contribution in [2.24, 2.45) is 0 Å². The summed E-state index contributed by atoms with van der Waals surface area (Å²) in [5, 5.41) is 2.55. The van der Waals surface area contributed by atoms with E-state index in [4.69, 9.17) is 0 Å². The number of hydrogen-bond donors (Lipinski definition) is 0. The van der Waals surface area contributed by atoms with Crippen LogP contribution in [-0.2, 0) is 0 Å². The first kappa shape index (κ1) is 12.4. The third kappa shape index (κ3) is 2.31. The van der Waals surface area contributed by atoms with Gasteiger partial charge in [0.2, 0.25) is 0 Å². The standard InChI is InChI=1S/C18H15Br/c1-12-4-3-5-14(10-12)15-8-9-17-16(11-15)7-6-13(2)18(17)19/h3-11H,1-2H3. The Morgan fingerprint density at radius 3 is 2.37 bits per heavy atom. The molecule has 0 radical (unpaired) electrons. The molecular formula is C18H15Br. The van der Waals surface area contributed by atoms with Gasteiger partial charge in [-0.25, -0.2) is 0 Å². The highest BCUT2D eigenvalue weighted by atomic mass is 79.9. The van der Waals surface area contributed by atoms with E-state index in [0.29, 0.717) is 0 Å². The van der Waals surface area contributed by atoms with Crippen LogP contribution in [0.3, 0.4) is 0 Å². The van der Waals surface area contributed by atoms with Gasteiger partial charge in [0.1, 0.15) is 0 Å². The Morgan fingerprint density at radius 1 is 0.789 bits per heavy atom. The van der Waals surface area contributed by atoms with Crippen molar-refractivity contribution < 1.29 is 0 Å². The molecule has 0 aliphatic rings. The van der Waals surface area contributed by atoms with Crippen LogP contribution in [0.15, 0.2) is 59.1 Å². The minimum absolute atomic E-state index is 1.20. The first-order chi connectivity index (χ1) is 9.15. The van der Waals surface area contributed by atoms with Gasteiger partial charge in [-0.15, -0.1) is 0 Å². The van der Waals surface area contributed by atoms with Crippen molar-refractivity contribution in [3.63, 3.8) is 0 Å². The smallest absolute Gasteiger partial charge is 0.0282 e. The fourth-order valence-electron chi connectivity index (χ4n) is 2.41. The molecule has 0 spiro atoms. The predicted octanol–water partition coefficient (Wildman–Crippen LogP) is 5.89. The molecule has 0 heterocycles. The molecule has 0 fully saturated rings. The normalized spacial score (nSPS) is 10.9. The Bertz CT molecular complexity index is 757. The zero-order chi connectivity index (χ0) is 13.4. The number of hydrogen-bond acceptors (Lipinski definition) is 0. The number of rotatable bonds is 1. The molecule has 0 aliphatic heterocycles. The average Bonchev–Trinajstić information content (AvgIpc) is 2.43. The van der Waals surface area contributed by atoms with E-state index in [-0.39, 0.29) is 0 Å². The lowest BCUT2D eigenvalue weighted by Crippen LogP contribution is -1.83. The van der Waals surface area contributed by atoms with Crippen LogP contribution in [0.1, 0.15) is 11.1 Å². The van der Waals surface area contributed by atoms with Crippen LogP contribution in [0.2, 0.25) is 0 Å². The maximum Gasteiger partial charge on any atom is 0.0282 e. The Morgan fingerprint density at radius 2 is 1.58 bits per heavy atom. The van der Waals surface area contributed by atoms with E-state index in [1.807, 2.05) is 0 Å². The monoisotopic (exact) mass is 310 g/mol. The van der Waals surface area contributed by atoms with Gasteiger partial charge < -0.3 is 0 Å². The van der Waals surface area contributed by atoms with Crippen molar-refractivity contribution >= 4 is 26.7 Å². The van der Waals surface area contributed by atoms with Gasteiger partial charge in [0.05, 0.1) is 0 Å². The van der Waals surface area contributed by atoms with Crippen molar-refractivity contribution in [2.75, 3.05) is 0 Å². The summed E-state index contributed by atoms with van der Waals surface area (Å²) in [5.41, 5.74) is 5.11. The lowest BCUT2D eigenvalue weighted by atomic mass is 9.99. The SMILES string of the molecule is Cc1cccc(-c2ccc3c(Br)c(C)ccc3c2)c1. The maximum absolute atomic E-state index is 3.67. The van der Waals surface area contributed by atoms with E-state index in [0.717, 1.165) is 0 Å². The van der Waals surface area contributed by atoms with Gasteiger partial charge in [-0.2, -0.15) is 0 Å². The molecule has 3 rings (SSSR count). The Balaban J connectivity index is 2.20. The van der Waals surface area contributed by atoms with Crippen LogP contribution in [0, 0.1) is 13.8 Å². The zero-order valence-electron chi connectivity index (χ0n) is 11.1. The largest absolute Gasteiger partial charge is 0.0614 e. The molecule has 0 aliphatic carbocycles. The summed E-state index contributed by atoms with van der Waals surface area (Å²) >= 11 is 3.67. The highest BCUT2D eigenvalue weighted by Crippen LogP contribution is 2.31. The van der Waals surface area contributed by atoms with Crippen molar-refractivity contribution in [3.8, 4) is 11.1 Å². The Hall–Kier alpha value is -1.60. The van der Waals surface area contributed by atoms with Crippen LogP contribution in [-0.4, -0.2) is 0 Å². The number of fused-ring (bicyclic) bond motifs is 1. The molecule has 0 atom stereocenters. The predicted molar refractivity (Wildman–Crippen MR) is 86.6 cm³/mol. The van der Waals surface area contributed by atoms with E-state index in [1.54, 1.807) is 0 Å². The van der Waals surface area contributed by atoms with Gasteiger partial charge in [0, 0.05) is 4.47 Å². The van der Waals surface area contributed by atoms with Crippen LogP contribution < -0.4 is 0 Å². The van der Waals surface area contributed by atoms with E-state index in [9.17, 15) is 0 Å². The molecule has 94 valence electrons. The third-order valence-electron chi connectivity index (χ3n) is 3.50. The highest BCUT2D eigenvalue weighted by Gasteiger charge is 2.04. The molecule has 0 nitrogen and oxygen atoms in total. The van der Waals surface area contributed by atoms with E-state index < -0.39 is 0 Å². The van der Waals surface area contributed by atoms with Crippen LogP contribution >= 0.6 is 15.9 Å². The summed E-state index contributed by atoms with van der Waals surface area (Å²) in [5.74, 6) is 0. The van der Waals surface area contributed by atoms with Gasteiger partial charge in [-0.1, -0.05) is 54.1 Å². The molecule has 3 aromatic rings. The second-order valence-electron chi connectivity index (χ2n) is 5.00. The zero-order valence-corrected chi connectivity index (χ0v) is 12.7. The molecule has 3 aromatic carbocycles. The average molecular weight is 311 g/mol. The highest BCUT2D eigenvalue weighted by molar-refractivity contribution is 9.10. The lowest BCUT2D eigenvalue weighted by Gasteiger charge is -2.08. The fraction of sp³-hybridized carbons (Fsp3) is 0.111. The molecule has 0 N–H and O–H groups in total. The summed E-state index contributed by atoms with van der Waals surface area (Å²) in [4.78, 5) is 0. The van der Waals surface area contributed by atoms with Crippen LogP contribution in [0.25, 0.3) is 21.9 Å². The molecule has 1 heteroatoms. The number of halogens is 1. The number of aryl methyl sites for hydroxylation is 2. The first-order valence-electron chi connectivity index (χ1n) is 6.41. The summed E-state index contributed by atoms with van der Waals surface area (Å²) in [6.45, 7) is 4.25. The molecule has 0 aromatic heterocycles. The lowest BCUT2D eigenvalue weighted by molar-refractivity contribution is 1.46. The molecule has 0 saturated carbocycles. The van der Waals surface area contributed by atoms with Crippen molar-refractivity contribution in [1.82, 2.24) is 0 Å². The topological polar surface area (TPSA) is 0 Å².